The van der Waals surface area contributed by atoms with E-state index in [0.29, 0.717) is 50.2 Å². The van der Waals surface area contributed by atoms with Gasteiger partial charge in [-0.2, -0.15) is 0 Å². The van der Waals surface area contributed by atoms with Crippen molar-refractivity contribution in [2.75, 3.05) is 20.8 Å². The summed E-state index contributed by atoms with van der Waals surface area (Å²) >= 11 is 0. The number of rotatable bonds is 20. The van der Waals surface area contributed by atoms with Crippen LogP contribution < -0.4 is 14.2 Å². The number of carbonyl (C=O) groups excluding carboxylic acids is 1. The summed E-state index contributed by atoms with van der Waals surface area (Å²) in [4.78, 5) is 13.8. The molecule has 0 unspecified atom stereocenters. The first kappa shape index (κ1) is 38.6. The molecule has 0 aromatic heterocycles. The van der Waals surface area contributed by atoms with Gasteiger partial charge in [-0.1, -0.05) is 82.0 Å². The molecule has 0 saturated carbocycles. The fraction of sp³-hybridized carbons (Fsp3) is 0.425. The number of ether oxygens (including phenoxy) is 5. The van der Waals surface area contributed by atoms with Crippen LogP contribution in [0.25, 0.3) is 0 Å². The van der Waals surface area contributed by atoms with Gasteiger partial charge in [-0.15, -0.1) is 6.58 Å². The average molecular weight is 675 g/mol. The monoisotopic (exact) mass is 674 g/mol. The predicted molar refractivity (Wildman–Crippen MR) is 196 cm³/mol. The van der Waals surface area contributed by atoms with Crippen LogP contribution in [0.4, 0.5) is 0 Å². The third-order valence-corrected chi connectivity index (χ3v) is 13.3. The summed E-state index contributed by atoms with van der Waals surface area (Å²) in [5.74, 6) is 1.47. The Hall–Kier alpha value is -3.85. The van der Waals surface area contributed by atoms with E-state index in [2.05, 4.69) is 47.0 Å². The van der Waals surface area contributed by atoms with Crippen molar-refractivity contribution in [1.82, 2.24) is 0 Å². The van der Waals surface area contributed by atoms with Crippen LogP contribution >= 0.6 is 0 Å². The molecule has 0 radical (unpaired) electrons. The van der Waals surface area contributed by atoms with Gasteiger partial charge in [-0.3, -0.25) is 0 Å². The molecule has 3 rings (SSSR count). The number of benzene rings is 3. The van der Waals surface area contributed by atoms with Crippen LogP contribution in [0.3, 0.4) is 0 Å². The van der Waals surface area contributed by atoms with Gasteiger partial charge in [0.05, 0.1) is 33.5 Å². The smallest absolute Gasteiger partial charge is 0.342 e. The predicted octanol–water partition coefficient (Wildman–Crippen LogP) is 9.37. The molecular weight excluding hydrogens is 621 g/mol. The van der Waals surface area contributed by atoms with E-state index in [1.165, 1.54) is 0 Å². The molecule has 0 bridgehead atoms. The molecule has 0 spiro atoms. The number of carbonyl (C=O) groups is 1. The Kier molecular flexibility index (Phi) is 15.0. The molecule has 0 N–H and O–H groups in total. The van der Waals surface area contributed by atoms with Gasteiger partial charge in [-0.25, -0.2) is 4.79 Å². The summed E-state index contributed by atoms with van der Waals surface area (Å²) in [5, 5.41) is -0.0219. The minimum absolute atomic E-state index is 0.0219. The molecular formula is C40H54O7Si. The second kappa shape index (κ2) is 18.6. The van der Waals surface area contributed by atoms with E-state index >= 15 is 0 Å². The van der Waals surface area contributed by atoms with Gasteiger partial charge < -0.3 is 28.1 Å². The molecule has 0 heterocycles. The second-order valence-corrected chi connectivity index (χ2v) is 18.1. The van der Waals surface area contributed by atoms with Crippen molar-refractivity contribution >= 4 is 14.3 Å². The molecule has 8 heteroatoms. The van der Waals surface area contributed by atoms with Crippen molar-refractivity contribution in [3.8, 4) is 17.2 Å². The Balaban J connectivity index is 1.84. The summed E-state index contributed by atoms with van der Waals surface area (Å²) in [7, 11) is 0.970. The zero-order valence-electron chi connectivity index (χ0n) is 29.8. The Morgan fingerprint density at radius 1 is 0.875 bits per heavy atom. The normalized spacial score (nSPS) is 13.6. The van der Waals surface area contributed by atoms with Crippen molar-refractivity contribution in [3.63, 3.8) is 0 Å². The molecule has 7 nitrogen and oxygen atoms in total. The standard InChI is InChI=1S/C40H54O7Si/c1-10-16-35(45-34-23-21-33(42-6)22-24-34)28-36(47-48(8,9)40(3,4)5)27-31-19-15-20-37(43-7)38(31)39(41)46-32(11-2)25-26-44-29-30-17-13-12-14-18-30/h10-15,17-24,32,35-36H,1-2,16,25-29H2,3-9H3/t32-,35+,36+/m1/s1. The van der Waals surface area contributed by atoms with E-state index in [9.17, 15) is 4.79 Å². The minimum Gasteiger partial charge on any atom is -0.497 e. The van der Waals surface area contributed by atoms with Crippen LogP contribution in [0.2, 0.25) is 18.1 Å². The number of esters is 1. The van der Waals surface area contributed by atoms with Crippen LogP contribution in [0.1, 0.15) is 61.5 Å². The van der Waals surface area contributed by atoms with Crippen LogP contribution in [0.5, 0.6) is 17.2 Å². The van der Waals surface area contributed by atoms with Crippen molar-refractivity contribution in [1.29, 1.82) is 0 Å². The summed E-state index contributed by atoms with van der Waals surface area (Å²) in [6.07, 6.45) is 4.68. The summed E-state index contributed by atoms with van der Waals surface area (Å²) in [5.41, 5.74) is 2.26. The van der Waals surface area contributed by atoms with Crippen LogP contribution in [-0.4, -0.2) is 53.4 Å². The maximum absolute atomic E-state index is 13.8. The average Bonchev–Trinajstić information content (AvgIpc) is 3.06. The highest BCUT2D eigenvalue weighted by Crippen LogP contribution is 2.39. The first-order valence-electron chi connectivity index (χ1n) is 16.6. The second-order valence-electron chi connectivity index (χ2n) is 13.4. The lowest BCUT2D eigenvalue weighted by Gasteiger charge is -2.40. The van der Waals surface area contributed by atoms with Crippen LogP contribution in [0, 0.1) is 0 Å². The zero-order valence-corrected chi connectivity index (χ0v) is 30.8. The Labute approximate surface area is 289 Å². The Bertz CT molecular complexity index is 1430. The summed E-state index contributed by atoms with van der Waals surface area (Å²) in [6, 6.07) is 23.1. The Morgan fingerprint density at radius 2 is 1.56 bits per heavy atom. The quantitative estimate of drug-likeness (QED) is 0.0512. The van der Waals surface area contributed by atoms with Crippen LogP contribution in [0.15, 0.2) is 98.1 Å². The summed E-state index contributed by atoms with van der Waals surface area (Å²) in [6.45, 7) is 19.9. The number of hydrogen-bond donors (Lipinski definition) is 0. The molecule has 3 aromatic carbocycles. The highest BCUT2D eigenvalue weighted by molar-refractivity contribution is 6.74. The van der Waals surface area contributed by atoms with E-state index in [1.54, 1.807) is 26.4 Å². The van der Waals surface area contributed by atoms with Gasteiger partial charge in [-0.05, 0) is 66.0 Å². The van der Waals surface area contributed by atoms with Crippen LogP contribution in [-0.2, 0) is 26.9 Å². The molecule has 0 aliphatic carbocycles. The molecule has 0 aliphatic heterocycles. The first-order chi connectivity index (χ1) is 22.9. The molecule has 48 heavy (non-hydrogen) atoms. The molecule has 3 atom stereocenters. The topological polar surface area (TPSA) is 72.5 Å². The molecule has 0 fully saturated rings. The van der Waals surface area contributed by atoms with Gasteiger partial charge in [0.2, 0.25) is 0 Å². The van der Waals surface area contributed by atoms with E-state index in [4.69, 9.17) is 28.1 Å². The molecule has 3 aromatic rings. The maximum atomic E-state index is 13.8. The van der Waals surface area contributed by atoms with E-state index in [0.717, 1.165) is 22.6 Å². The Morgan fingerprint density at radius 3 is 2.17 bits per heavy atom. The number of methoxy groups -OCH3 is 2. The van der Waals surface area contributed by atoms with Gasteiger partial charge >= 0.3 is 5.97 Å². The maximum Gasteiger partial charge on any atom is 0.342 e. The van der Waals surface area contributed by atoms with Gasteiger partial charge in [0.15, 0.2) is 8.32 Å². The molecule has 0 aliphatic rings. The van der Waals surface area contributed by atoms with Gasteiger partial charge in [0, 0.05) is 19.3 Å². The third-order valence-electron chi connectivity index (χ3n) is 8.75. The van der Waals surface area contributed by atoms with Crippen molar-refractivity contribution in [2.24, 2.45) is 0 Å². The SMILES string of the molecule is C=CC[C@@H](C[C@H](Cc1cccc(OC)c1C(=O)O[C@H](C=C)CCOCc1ccccc1)O[Si](C)(C)C(C)(C)C)Oc1ccc(OC)cc1. The van der Waals surface area contributed by atoms with E-state index in [1.807, 2.05) is 72.8 Å². The van der Waals surface area contributed by atoms with Crippen molar-refractivity contribution in [2.45, 2.75) is 89.5 Å². The van der Waals surface area contributed by atoms with Crippen molar-refractivity contribution < 1.29 is 32.9 Å². The lowest BCUT2D eigenvalue weighted by molar-refractivity contribution is 0.0281. The summed E-state index contributed by atoms with van der Waals surface area (Å²) < 4.78 is 36.3. The van der Waals surface area contributed by atoms with Crippen molar-refractivity contribution in [3.05, 3.63) is 115 Å². The number of hydrogen-bond acceptors (Lipinski definition) is 7. The van der Waals surface area contributed by atoms with Gasteiger partial charge in [0.25, 0.3) is 0 Å². The zero-order chi connectivity index (χ0) is 35.2. The minimum atomic E-state index is -2.23. The highest BCUT2D eigenvalue weighted by Gasteiger charge is 2.40. The lowest BCUT2D eigenvalue weighted by Crippen LogP contribution is -2.45. The fourth-order valence-electron chi connectivity index (χ4n) is 5.06. The largest absolute Gasteiger partial charge is 0.497 e. The first-order valence-corrected chi connectivity index (χ1v) is 19.5. The van der Waals surface area contributed by atoms with E-state index < -0.39 is 20.4 Å². The van der Waals surface area contributed by atoms with Gasteiger partial charge in [0.1, 0.15) is 35.0 Å². The molecule has 0 amide bonds. The van der Waals surface area contributed by atoms with E-state index in [-0.39, 0.29) is 17.2 Å². The highest BCUT2D eigenvalue weighted by atomic mass is 28.4. The third kappa shape index (κ3) is 11.7. The fourth-order valence-corrected chi connectivity index (χ4v) is 6.43. The lowest BCUT2D eigenvalue weighted by atomic mass is 9.97. The molecule has 260 valence electrons. The molecule has 0 saturated heterocycles.